The normalized spacial score (nSPS) is 15.0. The molecular formula is C28H41N5S2. The largest absolute Gasteiger partial charge is 0.361 e. The average molecular weight is 512 g/mol. The second kappa shape index (κ2) is 11.7. The van der Waals surface area contributed by atoms with E-state index in [0.717, 1.165) is 55.8 Å². The number of hydrogen-bond donors (Lipinski definition) is 3. The number of thiocarbonyl (C=S) groups is 2. The van der Waals surface area contributed by atoms with E-state index in [1.54, 1.807) is 0 Å². The van der Waals surface area contributed by atoms with E-state index in [4.69, 9.17) is 24.4 Å². The monoisotopic (exact) mass is 511 g/mol. The molecule has 1 aliphatic rings. The molecule has 0 unspecified atom stereocenters. The highest BCUT2D eigenvalue weighted by molar-refractivity contribution is 7.80. The van der Waals surface area contributed by atoms with E-state index >= 15 is 0 Å². The van der Waals surface area contributed by atoms with Crippen molar-refractivity contribution in [3.63, 3.8) is 0 Å². The molecule has 0 spiro atoms. The molecule has 0 aliphatic carbocycles. The Bertz CT molecular complexity index is 977. The number of rotatable bonds is 5. The molecule has 190 valence electrons. The van der Waals surface area contributed by atoms with Crippen molar-refractivity contribution in [1.29, 1.82) is 0 Å². The molecule has 0 amide bonds. The number of anilines is 2. The van der Waals surface area contributed by atoms with Gasteiger partial charge in [0.2, 0.25) is 0 Å². The molecule has 0 atom stereocenters. The van der Waals surface area contributed by atoms with E-state index in [-0.39, 0.29) is 10.8 Å². The molecule has 7 heteroatoms. The zero-order valence-electron chi connectivity index (χ0n) is 22.1. The van der Waals surface area contributed by atoms with Crippen LogP contribution in [0.2, 0.25) is 0 Å². The van der Waals surface area contributed by atoms with Crippen molar-refractivity contribution in [2.45, 2.75) is 52.4 Å². The SMILES string of the molecule is CC(C)(C)c1ccc(NC(=S)NCCN2CCN(C(=S)Nc3ccc(C(C)(C)C)cc3)CC2)cc1. The molecule has 0 aromatic heterocycles. The fourth-order valence-corrected chi connectivity index (χ4v) is 4.51. The maximum atomic E-state index is 5.67. The van der Waals surface area contributed by atoms with Gasteiger partial charge in [0.1, 0.15) is 0 Å². The van der Waals surface area contributed by atoms with Crippen molar-refractivity contribution in [2.24, 2.45) is 0 Å². The van der Waals surface area contributed by atoms with Crippen LogP contribution in [0.3, 0.4) is 0 Å². The van der Waals surface area contributed by atoms with E-state index < -0.39 is 0 Å². The summed E-state index contributed by atoms with van der Waals surface area (Å²) >= 11 is 11.1. The van der Waals surface area contributed by atoms with Gasteiger partial charge in [-0.15, -0.1) is 0 Å². The quantitative estimate of drug-likeness (QED) is 0.453. The fourth-order valence-electron chi connectivity index (χ4n) is 3.99. The Hall–Kier alpha value is -2.22. The van der Waals surface area contributed by atoms with Gasteiger partial charge in [-0.25, -0.2) is 0 Å². The Kier molecular flexibility index (Phi) is 9.13. The van der Waals surface area contributed by atoms with Gasteiger partial charge < -0.3 is 20.9 Å². The van der Waals surface area contributed by atoms with Gasteiger partial charge in [0.05, 0.1) is 0 Å². The predicted octanol–water partition coefficient (Wildman–Crippen LogP) is 5.58. The van der Waals surface area contributed by atoms with Gasteiger partial charge in [-0.3, -0.25) is 4.90 Å². The first kappa shape index (κ1) is 27.4. The molecule has 2 aromatic carbocycles. The summed E-state index contributed by atoms with van der Waals surface area (Å²) in [5.74, 6) is 0. The van der Waals surface area contributed by atoms with E-state index in [1.165, 1.54) is 11.1 Å². The van der Waals surface area contributed by atoms with E-state index in [0.29, 0.717) is 5.11 Å². The number of piperazine rings is 1. The van der Waals surface area contributed by atoms with Gasteiger partial charge in [0, 0.05) is 50.6 Å². The summed E-state index contributed by atoms with van der Waals surface area (Å²) in [6.07, 6.45) is 0. The van der Waals surface area contributed by atoms with Crippen LogP contribution in [-0.2, 0) is 10.8 Å². The lowest BCUT2D eigenvalue weighted by atomic mass is 9.87. The molecule has 2 aromatic rings. The van der Waals surface area contributed by atoms with E-state index in [1.807, 2.05) is 0 Å². The second-order valence-electron chi connectivity index (χ2n) is 11.3. The summed E-state index contributed by atoms with van der Waals surface area (Å²) in [5, 5.41) is 11.5. The van der Waals surface area contributed by atoms with Crippen molar-refractivity contribution in [1.82, 2.24) is 15.1 Å². The maximum Gasteiger partial charge on any atom is 0.173 e. The van der Waals surface area contributed by atoms with Gasteiger partial charge in [-0.1, -0.05) is 65.8 Å². The maximum absolute atomic E-state index is 5.67. The topological polar surface area (TPSA) is 42.6 Å². The van der Waals surface area contributed by atoms with E-state index in [9.17, 15) is 0 Å². The minimum Gasteiger partial charge on any atom is -0.361 e. The molecule has 1 saturated heterocycles. The summed E-state index contributed by atoms with van der Waals surface area (Å²) in [6.45, 7) is 18.9. The number of hydrogen-bond acceptors (Lipinski definition) is 3. The van der Waals surface area contributed by atoms with Crippen molar-refractivity contribution >= 4 is 46.0 Å². The third kappa shape index (κ3) is 8.44. The van der Waals surface area contributed by atoms with Crippen LogP contribution in [0.15, 0.2) is 48.5 Å². The van der Waals surface area contributed by atoms with Crippen LogP contribution in [-0.4, -0.2) is 59.3 Å². The summed E-state index contributed by atoms with van der Waals surface area (Å²) in [5.41, 5.74) is 5.00. The Balaban J connectivity index is 1.35. The van der Waals surface area contributed by atoms with Crippen molar-refractivity contribution < 1.29 is 0 Å². The van der Waals surface area contributed by atoms with Crippen molar-refractivity contribution in [3.8, 4) is 0 Å². The van der Waals surface area contributed by atoms with Crippen LogP contribution in [0.5, 0.6) is 0 Å². The molecule has 35 heavy (non-hydrogen) atoms. The minimum absolute atomic E-state index is 0.152. The molecule has 1 aliphatic heterocycles. The number of benzene rings is 2. The third-order valence-corrected chi connectivity index (χ3v) is 6.99. The molecule has 3 rings (SSSR count). The lowest BCUT2D eigenvalue weighted by molar-refractivity contribution is 0.186. The first-order valence-corrected chi connectivity index (χ1v) is 13.3. The molecular weight excluding hydrogens is 470 g/mol. The average Bonchev–Trinajstić information content (AvgIpc) is 2.79. The van der Waals surface area contributed by atoms with Crippen LogP contribution in [0.4, 0.5) is 11.4 Å². The van der Waals surface area contributed by atoms with Gasteiger partial charge in [-0.05, 0) is 70.7 Å². The molecule has 5 nitrogen and oxygen atoms in total. The van der Waals surface area contributed by atoms with Crippen LogP contribution >= 0.6 is 24.4 Å². The number of nitrogens with one attached hydrogen (secondary N) is 3. The molecule has 3 N–H and O–H groups in total. The lowest BCUT2D eigenvalue weighted by Gasteiger charge is -2.36. The van der Waals surface area contributed by atoms with Gasteiger partial charge in [0.15, 0.2) is 10.2 Å². The van der Waals surface area contributed by atoms with E-state index in [2.05, 4.69) is 116 Å². The summed E-state index contributed by atoms with van der Waals surface area (Å²) in [6, 6.07) is 17.1. The summed E-state index contributed by atoms with van der Waals surface area (Å²) in [7, 11) is 0. The van der Waals surface area contributed by atoms with Crippen LogP contribution in [0.1, 0.15) is 52.7 Å². The Morgan fingerprint density at radius 2 is 1.17 bits per heavy atom. The molecule has 0 saturated carbocycles. The fraction of sp³-hybridized carbons (Fsp3) is 0.500. The highest BCUT2D eigenvalue weighted by Crippen LogP contribution is 2.24. The van der Waals surface area contributed by atoms with Crippen LogP contribution in [0.25, 0.3) is 0 Å². The Morgan fingerprint density at radius 1 is 0.714 bits per heavy atom. The molecule has 1 fully saturated rings. The lowest BCUT2D eigenvalue weighted by Crippen LogP contribution is -2.51. The van der Waals surface area contributed by atoms with Gasteiger partial charge in [-0.2, -0.15) is 0 Å². The zero-order valence-corrected chi connectivity index (χ0v) is 23.7. The van der Waals surface area contributed by atoms with Crippen molar-refractivity contribution in [2.75, 3.05) is 49.9 Å². The first-order valence-electron chi connectivity index (χ1n) is 12.5. The molecule has 0 bridgehead atoms. The Morgan fingerprint density at radius 3 is 1.63 bits per heavy atom. The minimum atomic E-state index is 0.152. The summed E-state index contributed by atoms with van der Waals surface area (Å²) in [4.78, 5) is 4.70. The number of nitrogens with zero attached hydrogens (tertiary/aromatic N) is 2. The van der Waals surface area contributed by atoms with Crippen LogP contribution in [0, 0.1) is 0 Å². The zero-order chi connectivity index (χ0) is 25.6. The van der Waals surface area contributed by atoms with Crippen molar-refractivity contribution in [3.05, 3.63) is 59.7 Å². The first-order chi connectivity index (χ1) is 16.4. The standard InChI is InChI=1S/C28H41N5S2/c1-27(2,3)21-7-11-23(12-8-21)30-25(34)29-15-16-32-17-19-33(20-18-32)26(35)31-24-13-9-22(10-14-24)28(4,5)6/h7-14H,15-20H2,1-6H3,(H,31,35)(H2,29,30,34). The second-order valence-corrected chi connectivity index (χ2v) is 12.1. The van der Waals surface area contributed by atoms with Gasteiger partial charge in [0.25, 0.3) is 0 Å². The van der Waals surface area contributed by atoms with Crippen LogP contribution < -0.4 is 16.0 Å². The molecule has 1 heterocycles. The highest BCUT2D eigenvalue weighted by Gasteiger charge is 2.19. The third-order valence-electron chi connectivity index (χ3n) is 6.38. The molecule has 0 radical (unpaired) electrons. The van der Waals surface area contributed by atoms with Gasteiger partial charge >= 0.3 is 0 Å². The summed E-state index contributed by atoms with van der Waals surface area (Å²) < 4.78 is 0. The highest BCUT2D eigenvalue weighted by atomic mass is 32.1. The Labute approximate surface area is 222 Å². The predicted molar refractivity (Wildman–Crippen MR) is 159 cm³/mol. The smallest absolute Gasteiger partial charge is 0.173 e.